The van der Waals surface area contributed by atoms with Crippen molar-refractivity contribution in [2.45, 2.75) is 32.4 Å². The fourth-order valence-corrected chi connectivity index (χ4v) is 3.23. The second-order valence-electron chi connectivity index (χ2n) is 5.29. The molecule has 0 radical (unpaired) electrons. The molecule has 0 aromatic carbocycles. The number of aliphatic hydroxyl groups is 1. The van der Waals surface area contributed by atoms with E-state index in [0.29, 0.717) is 4.88 Å². The molecule has 1 saturated heterocycles. The normalized spacial score (nSPS) is 19.3. The minimum absolute atomic E-state index is 0.153. The Morgan fingerprint density at radius 2 is 2.14 bits per heavy atom. The molecule has 0 spiro atoms. The van der Waals surface area contributed by atoms with Crippen molar-refractivity contribution in [2.75, 3.05) is 11.4 Å². The van der Waals surface area contributed by atoms with Crippen molar-refractivity contribution in [2.24, 2.45) is 0 Å². The highest BCUT2D eigenvalue weighted by atomic mass is 32.1. The number of nitrogens with one attached hydrogen (secondary N) is 1. The number of piperazine rings is 1. The van der Waals surface area contributed by atoms with E-state index in [2.05, 4.69) is 5.32 Å². The number of nitrogens with zero attached hydrogens (tertiary/aromatic N) is 2. The van der Waals surface area contributed by atoms with Gasteiger partial charge in [0.2, 0.25) is 5.91 Å². The van der Waals surface area contributed by atoms with E-state index in [1.165, 1.54) is 17.9 Å². The Balaban J connectivity index is 2.55. The molecule has 9 heteroatoms. The van der Waals surface area contributed by atoms with Crippen molar-refractivity contribution in [3.63, 3.8) is 0 Å². The molecule has 1 unspecified atom stereocenters. The fourth-order valence-electron chi connectivity index (χ4n) is 2.03. The van der Waals surface area contributed by atoms with Gasteiger partial charge in [0.15, 0.2) is 5.00 Å². The molecule has 21 heavy (non-hydrogen) atoms. The van der Waals surface area contributed by atoms with Gasteiger partial charge in [-0.2, -0.15) is 0 Å². The number of amides is 2. The van der Waals surface area contributed by atoms with E-state index in [9.17, 15) is 24.8 Å². The van der Waals surface area contributed by atoms with Gasteiger partial charge in [-0.15, -0.1) is 11.3 Å². The van der Waals surface area contributed by atoms with Gasteiger partial charge in [-0.25, -0.2) is 0 Å². The molecular formula is C12H15N3O5S. The Morgan fingerprint density at radius 1 is 1.52 bits per heavy atom. The lowest BCUT2D eigenvalue weighted by Crippen LogP contribution is -2.64. The van der Waals surface area contributed by atoms with E-state index >= 15 is 0 Å². The average molecular weight is 313 g/mol. The van der Waals surface area contributed by atoms with Crippen LogP contribution in [0, 0.1) is 10.1 Å². The first kappa shape index (κ1) is 15.4. The van der Waals surface area contributed by atoms with E-state index in [-0.39, 0.29) is 17.2 Å². The Hall–Kier alpha value is -2.00. The molecule has 2 amide bonds. The number of nitro groups is 1. The minimum atomic E-state index is -1.10. The van der Waals surface area contributed by atoms with Crippen LogP contribution >= 0.6 is 11.3 Å². The predicted octanol–water partition coefficient (Wildman–Crippen LogP) is 0.951. The molecule has 1 aliphatic rings. The van der Waals surface area contributed by atoms with E-state index < -0.39 is 28.4 Å². The van der Waals surface area contributed by atoms with Crippen LogP contribution in [0.4, 0.5) is 10.7 Å². The summed E-state index contributed by atoms with van der Waals surface area (Å²) in [5.74, 6) is -1.03. The number of hydrogen-bond acceptors (Lipinski definition) is 7. The molecular weight excluding hydrogens is 298 g/mol. The lowest BCUT2D eigenvalue weighted by atomic mass is 9.99. The van der Waals surface area contributed by atoms with Gasteiger partial charge in [0, 0.05) is 10.9 Å². The second-order valence-corrected chi connectivity index (χ2v) is 6.36. The van der Waals surface area contributed by atoms with Crippen LogP contribution in [-0.2, 0) is 9.59 Å². The van der Waals surface area contributed by atoms with Gasteiger partial charge in [-0.05, 0) is 20.8 Å². The van der Waals surface area contributed by atoms with Gasteiger partial charge in [-0.1, -0.05) is 0 Å². The summed E-state index contributed by atoms with van der Waals surface area (Å²) in [6.07, 6.45) is -0.861. The summed E-state index contributed by atoms with van der Waals surface area (Å²) in [6.45, 7) is 4.51. The summed E-state index contributed by atoms with van der Waals surface area (Å²) >= 11 is 1.01. The average Bonchev–Trinajstić information content (AvgIpc) is 2.79. The number of aliphatic hydroxyl groups excluding tert-OH is 1. The molecule has 0 saturated carbocycles. The van der Waals surface area contributed by atoms with Crippen molar-refractivity contribution >= 4 is 33.8 Å². The van der Waals surface area contributed by atoms with Crippen LogP contribution in [0.5, 0.6) is 0 Å². The van der Waals surface area contributed by atoms with Gasteiger partial charge in [0.05, 0.1) is 17.6 Å². The van der Waals surface area contributed by atoms with Crippen molar-refractivity contribution in [3.05, 3.63) is 21.1 Å². The second kappa shape index (κ2) is 5.08. The number of rotatable bonds is 3. The lowest BCUT2D eigenvalue weighted by Gasteiger charge is -2.40. The number of anilines is 1. The van der Waals surface area contributed by atoms with Crippen LogP contribution in [-0.4, -0.2) is 33.9 Å². The molecule has 2 N–H and O–H groups in total. The van der Waals surface area contributed by atoms with Crippen molar-refractivity contribution in [3.8, 4) is 0 Å². The van der Waals surface area contributed by atoms with E-state index in [0.717, 1.165) is 11.3 Å². The zero-order chi connectivity index (χ0) is 15.9. The van der Waals surface area contributed by atoms with Gasteiger partial charge in [-0.3, -0.25) is 25.0 Å². The zero-order valence-electron chi connectivity index (χ0n) is 11.7. The summed E-state index contributed by atoms with van der Waals surface area (Å²) in [6, 6.07) is 1.28. The molecule has 114 valence electrons. The van der Waals surface area contributed by atoms with Crippen molar-refractivity contribution in [1.29, 1.82) is 0 Å². The van der Waals surface area contributed by atoms with Crippen molar-refractivity contribution < 1.29 is 19.6 Å². The predicted molar refractivity (Wildman–Crippen MR) is 76.2 cm³/mol. The number of thiophene rings is 1. The molecule has 1 aromatic heterocycles. The van der Waals surface area contributed by atoms with Crippen LogP contribution in [0.15, 0.2) is 6.07 Å². The first-order valence-corrected chi connectivity index (χ1v) is 7.04. The molecule has 0 bridgehead atoms. The van der Waals surface area contributed by atoms with Gasteiger partial charge < -0.3 is 10.0 Å². The Bertz CT molecular complexity index is 622. The molecule has 1 aromatic rings. The van der Waals surface area contributed by atoms with Gasteiger partial charge in [0.25, 0.3) is 5.91 Å². The van der Waals surface area contributed by atoms with Gasteiger partial charge >= 0.3 is 5.69 Å². The minimum Gasteiger partial charge on any atom is -0.388 e. The molecule has 2 rings (SSSR count). The monoisotopic (exact) mass is 313 g/mol. The van der Waals surface area contributed by atoms with Gasteiger partial charge in [0.1, 0.15) is 5.54 Å². The zero-order valence-corrected chi connectivity index (χ0v) is 12.6. The highest BCUT2D eigenvalue weighted by Crippen LogP contribution is 2.43. The standard InChI is InChI=1S/C12H15N3O5S/c1-6(16)8-4-7(15(19)20)10(21-8)14-5-9(17)13-11(18)12(14,2)3/h4,6,16H,5H2,1-3H3,(H,13,17,18). The third-order valence-corrected chi connectivity index (χ3v) is 4.67. The molecule has 2 heterocycles. The first-order valence-electron chi connectivity index (χ1n) is 6.22. The van der Waals surface area contributed by atoms with Crippen LogP contribution in [0.3, 0.4) is 0 Å². The van der Waals surface area contributed by atoms with E-state index in [4.69, 9.17) is 0 Å². The van der Waals surface area contributed by atoms with Crippen LogP contribution < -0.4 is 10.2 Å². The number of carbonyl (C=O) groups is 2. The SMILES string of the molecule is CC(O)c1cc([N+](=O)[O-])c(N2CC(=O)NC(=O)C2(C)C)s1. The maximum absolute atomic E-state index is 11.9. The number of hydrogen-bond donors (Lipinski definition) is 2. The maximum Gasteiger partial charge on any atom is 0.304 e. The topological polar surface area (TPSA) is 113 Å². The fraction of sp³-hybridized carbons (Fsp3) is 0.500. The maximum atomic E-state index is 11.9. The summed E-state index contributed by atoms with van der Waals surface area (Å²) in [5, 5.41) is 23.2. The Labute approximate surface area is 124 Å². The smallest absolute Gasteiger partial charge is 0.304 e. The van der Waals surface area contributed by atoms with Crippen LogP contribution in [0.25, 0.3) is 0 Å². The van der Waals surface area contributed by atoms with Crippen LogP contribution in [0.2, 0.25) is 0 Å². The third-order valence-electron chi connectivity index (χ3n) is 3.35. The first-order chi connectivity index (χ1) is 9.64. The summed E-state index contributed by atoms with van der Waals surface area (Å²) < 4.78 is 0. The van der Waals surface area contributed by atoms with E-state index in [1.54, 1.807) is 13.8 Å². The summed E-state index contributed by atoms with van der Waals surface area (Å²) in [4.78, 5) is 36.0. The number of imide groups is 1. The van der Waals surface area contributed by atoms with Crippen molar-refractivity contribution in [1.82, 2.24) is 5.32 Å². The highest BCUT2D eigenvalue weighted by Gasteiger charge is 2.44. The third kappa shape index (κ3) is 2.61. The Morgan fingerprint density at radius 3 is 2.67 bits per heavy atom. The summed E-state index contributed by atoms with van der Waals surface area (Å²) in [5.41, 5.74) is -1.31. The molecule has 8 nitrogen and oxygen atoms in total. The molecule has 1 aliphatic heterocycles. The largest absolute Gasteiger partial charge is 0.388 e. The molecule has 0 aliphatic carbocycles. The molecule has 1 atom stereocenters. The quantitative estimate of drug-likeness (QED) is 0.488. The highest BCUT2D eigenvalue weighted by molar-refractivity contribution is 7.16. The number of carbonyl (C=O) groups excluding carboxylic acids is 2. The lowest BCUT2D eigenvalue weighted by molar-refractivity contribution is -0.383. The summed E-state index contributed by atoms with van der Waals surface area (Å²) in [7, 11) is 0. The van der Waals surface area contributed by atoms with E-state index in [1.807, 2.05) is 0 Å². The molecule has 1 fully saturated rings. The van der Waals surface area contributed by atoms with Crippen LogP contribution in [0.1, 0.15) is 31.8 Å². The Kier molecular flexibility index (Phi) is 3.72.